The van der Waals surface area contributed by atoms with Crippen LogP contribution in [0.15, 0.2) is 12.4 Å². The summed E-state index contributed by atoms with van der Waals surface area (Å²) in [5.41, 5.74) is -1.35. The van der Waals surface area contributed by atoms with Crippen LogP contribution in [0, 0.1) is 12.3 Å². The number of aldehydes is 1. The van der Waals surface area contributed by atoms with Gasteiger partial charge in [0.2, 0.25) is 0 Å². The molecule has 0 spiro atoms. The second kappa shape index (κ2) is 3.58. The first-order valence-corrected chi connectivity index (χ1v) is 3.64. The van der Waals surface area contributed by atoms with Gasteiger partial charge in [0, 0.05) is 18.0 Å². The molecule has 0 saturated heterocycles. The van der Waals surface area contributed by atoms with Crippen molar-refractivity contribution in [2.24, 2.45) is 0 Å². The van der Waals surface area contributed by atoms with Gasteiger partial charge in [-0.05, 0) is 0 Å². The molecule has 74 valence electrons. The Hall–Kier alpha value is -1.70. The first-order chi connectivity index (χ1) is 6.49. The number of rotatable bonds is 2. The van der Waals surface area contributed by atoms with Crippen LogP contribution < -0.4 is 0 Å². The van der Waals surface area contributed by atoms with E-state index in [0.717, 1.165) is 17.0 Å². The molecule has 14 heavy (non-hydrogen) atoms. The van der Waals surface area contributed by atoms with Gasteiger partial charge < -0.3 is 4.57 Å². The van der Waals surface area contributed by atoms with E-state index < -0.39 is 17.3 Å². The van der Waals surface area contributed by atoms with Gasteiger partial charge in [-0.25, -0.2) is 0 Å². The summed E-state index contributed by atoms with van der Waals surface area (Å²) in [7, 11) is 0. The van der Waals surface area contributed by atoms with E-state index in [1.807, 2.05) is 0 Å². The minimum Gasteiger partial charge on any atom is -0.341 e. The number of hydrogen-bond donors (Lipinski definition) is 0. The number of aromatic nitrogens is 1. The summed E-state index contributed by atoms with van der Waals surface area (Å²) in [6.07, 6.45) is 2.48. The van der Waals surface area contributed by atoms with Crippen molar-refractivity contribution >= 4 is 6.29 Å². The SMILES string of the molecule is C#CCn1cc(C=O)c(C(F)(F)F)c1. The fourth-order valence-electron chi connectivity index (χ4n) is 1.05. The predicted molar refractivity (Wildman–Crippen MR) is 43.7 cm³/mol. The standard InChI is InChI=1S/C9H6F3NO/c1-2-3-13-4-7(6-14)8(5-13)9(10,11)12/h1,4-6H,3H2. The third-order valence-corrected chi connectivity index (χ3v) is 1.62. The van der Waals surface area contributed by atoms with Gasteiger partial charge in [-0.2, -0.15) is 13.2 Å². The van der Waals surface area contributed by atoms with E-state index in [9.17, 15) is 18.0 Å². The highest BCUT2D eigenvalue weighted by Crippen LogP contribution is 2.31. The molecule has 0 aromatic carbocycles. The lowest BCUT2D eigenvalue weighted by Crippen LogP contribution is -2.06. The van der Waals surface area contributed by atoms with Gasteiger partial charge >= 0.3 is 6.18 Å². The number of carbonyl (C=O) groups is 1. The van der Waals surface area contributed by atoms with Crippen molar-refractivity contribution in [3.8, 4) is 12.3 Å². The van der Waals surface area contributed by atoms with E-state index >= 15 is 0 Å². The fourth-order valence-corrected chi connectivity index (χ4v) is 1.05. The summed E-state index contributed by atoms with van der Waals surface area (Å²) in [5, 5.41) is 0. The molecule has 0 aliphatic carbocycles. The van der Waals surface area contributed by atoms with Crippen molar-refractivity contribution in [3.63, 3.8) is 0 Å². The molecular weight excluding hydrogens is 195 g/mol. The van der Waals surface area contributed by atoms with Crippen LogP contribution in [0.4, 0.5) is 13.2 Å². The van der Waals surface area contributed by atoms with Crippen molar-refractivity contribution in [1.82, 2.24) is 4.57 Å². The Balaban J connectivity index is 3.17. The third-order valence-electron chi connectivity index (χ3n) is 1.62. The van der Waals surface area contributed by atoms with Gasteiger partial charge in [0.05, 0.1) is 12.1 Å². The van der Waals surface area contributed by atoms with Crippen LogP contribution >= 0.6 is 0 Å². The number of nitrogens with zero attached hydrogens (tertiary/aromatic N) is 1. The topological polar surface area (TPSA) is 22.0 Å². The summed E-state index contributed by atoms with van der Waals surface area (Å²) in [5.74, 6) is 2.18. The van der Waals surface area contributed by atoms with E-state index in [0.29, 0.717) is 0 Å². The average molecular weight is 201 g/mol. The fraction of sp³-hybridized carbons (Fsp3) is 0.222. The maximum absolute atomic E-state index is 12.3. The van der Waals surface area contributed by atoms with Crippen molar-refractivity contribution in [1.29, 1.82) is 0 Å². The van der Waals surface area contributed by atoms with Crippen LogP contribution in [0.2, 0.25) is 0 Å². The quantitative estimate of drug-likeness (QED) is 0.529. The number of terminal acetylenes is 1. The summed E-state index contributed by atoms with van der Waals surface area (Å²) >= 11 is 0. The van der Waals surface area contributed by atoms with Gasteiger partial charge in [0.25, 0.3) is 0 Å². The molecule has 0 fully saturated rings. The Morgan fingerprint density at radius 3 is 2.50 bits per heavy atom. The second-order valence-electron chi connectivity index (χ2n) is 2.62. The Morgan fingerprint density at radius 2 is 2.14 bits per heavy atom. The van der Waals surface area contributed by atoms with Gasteiger partial charge in [0.1, 0.15) is 0 Å². The molecule has 0 radical (unpaired) electrons. The normalized spacial score (nSPS) is 11.0. The Kier molecular flexibility index (Phi) is 2.65. The smallest absolute Gasteiger partial charge is 0.341 e. The number of hydrogen-bond acceptors (Lipinski definition) is 1. The molecule has 0 saturated carbocycles. The molecule has 1 aromatic rings. The zero-order chi connectivity index (χ0) is 10.8. The van der Waals surface area contributed by atoms with Crippen LogP contribution in [0.5, 0.6) is 0 Å². The number of carbonyl (C=O) groups excluding carboxylic acids is 1. The predicted octanol–water partition coefficient (Wildman–Crippen LogP) is 1.95. The monoisotopic (exact) mass is 201 g/mol. The van der Waals surface area contributed by atoms with Crippen LogP contribution in [-0.2, 0) is 12.7 Å². The van der Waals surface area contributed by atoms with Crippen LogP contribution in [0.3, 0.4) is 0 Å². The largest absolute Gasteiger partial charge is 0.418 e. The molecule has 0 atom stereocenters. The maximum atomic E-state index is 12.3. The zero-order valence-corrected chi connectivity index (χ0v) is 7.01. The third kappa shape index (κ3) is 1.96. The molecule has 5 heteroatoms. The maximum Gasteiger partial charge on any atom is 0.418 e. The summed E-state index contributed by atoms with van der Waals surface area (Å²) in [4.78, 5) is 10.3. The van der Waals surface area contributed by atoms with Crippen molar-refractivity contribution in [2.45, 2.75) is 12.7 Å². The van der Waals surface area contributed by atoms with E-state index in [4.69, 9.17) is 6.42 Å². The molecule has 2 nitrogen and oxygen atoms in total. The number of halogens is 3. The minimum atomic E-state index is -4.52. The van der Waals surface area contributed by atoms with E-state index in [1.54, 1.807) is 0 Å². The number of alkyl halides is 3. The molecule has 0 N–H and O–H groups in total. The Bertz CT molecular complexity index is 384. The van der Waals surface area contributed by atoms with Crippen molar-refractivity contribution in [3.05, 3.63) is 23.5 Å². The summed E-state index contributed by atoms with van der Waals surface area (Å²) < 4.78 is 37.9. The van der Waals surface area contributed by atoms with Crippen molar-refractivity contribution < 1.29 is 18.0 Å². The molecule has 1 aromatic heterocycles. The highest BCUT2D eigenvalue weighted by molar-refractivity contribution is 5.77. The average Bonchev–Trinajstić information content (AvgIpc) is 2.47. The highest BCUT2D eigenvalue weighted by atomic mass is 19.4. The first-order valence-electron chi connectivity index (χ1n) is 3.64. The molecular formula is C9H6F3NO. The van der Waals surface area contributed by atoms with Crippen molar-refractivity contribution in [2.75, 3.05) is 0 Å². The van der Waals surface area contributed by atoms with Crippen LogP contribution in [0.1, 0.15) is 15.9 Å². The molecule has 0 aliphatic rings. The first kappa shape index (κ1) is 10.4. The lowest BCUT2D eigenvalue weighted by atomic mass is 10.2. The van der Waals surface area contributed by atoms with Crippen LogP contribution in [-0.4, -0.2) is 10.9 Å². The van der Waals surface area contributed by atoms with E-state index in [2.05, 4.69) is 5.92 Å². The summed E-state index contributed by atoms with van der Waals surface area (Å²) in [6, 6.07) is 0. The minimum absolute atomic E-state index is 0.0108. The summed E-state index contributed by atoms with van der Waals surface area (Å²) in [6.45, 7) is 0.0108. The van der Waals surface area contributed by atoms with Gasteiger partial charge in [-0.15, -0.1) is 6.42 Å². The molecule has 1 heterocycles. The molecule has 0 bridgehead atoms. The molecule has 0 aliphatic heterocycles. The van der Waals surface area contributed by atoms with Gasteiger partial charge in [-0.3, -0.25) is 4.79 Å². The van der Waals surface area contributed by atoms with E-state index in [-0.39, 0.29) is 12.8 Å². The van der Waals surface area contributed by atoms with Gasteiger partial charge in [0.15, 0.2) is 6.29 Å². The Labute approximate surface area is 78.3 Å². The molecule has 1 rings (SSSR count). The van der Waals surface area contributed by atoms with Crippen LogP contribution in [0.25, 0.3) is 0 Å². The lowest BCUT2D eigenvalue weighted by Gasteiger charge is -2.03. The Morgan fingerprint density at radius 1 is 1.50 bits per heavy atom. The second-order valence-corrected chi connectivity index (χ2v) is 2.62. The van der Waals surface area contributed by atoms with Gasteiger partial charge in [-0.1, -0.05) is 5.92 Å². The molecule has 0 amide bonds. The lowest BCUT2D eigenvalue weighted by molar-refractivity contribution is -0.137. The molecule has 0 unspecified atom stereocenters. The van der Waals surface area contributed by atoms with E-state index in [1.165, 1.54) is 0 Å². The zero-order valence-electron chi connectivity index (χ0n) is 7.01. The highest BCUT2D eigenvalue weighted by Gasteiger charge is 2.34.